The Hall–Kier alpha value is -11.0. The van der Waals surface area contributed by atoms with Gasteiger partial charge in [0.2, 0.25) is 0 Å². The predicted molar refractivity (Wildman–Crippen MR) is 387 cm³/mol. The van der Waals surface area contributed by atoms with E-state index in [2.05, 4.69) is 378 Å². The molecule has 0 spiro atoms. The quantitative estimate of drug-likeness (QED) is 0.0892. The molecule has 14 aromatic carbocycles. The van der Waals surface area contributed by atoms with E-state index in [9.17, 15) is 0 Å². The number of rotatable bonds is 12. The fraction of sp³-hybridized carbons (Fsp3) is 0. The number of para-hydroxylation sites is 3. The van der Waals surface area contributed by atoms with Gasteiger partial charge in [-0.25, -0.2) is 0 Å². The highest BCUT2D eigenvalue weighted by atomic mass is 28.3. The summed E-state index contributed by atoms with van der Waals surface area (Å²) in [4.78, 5) is 5.24. The molecular weight excluding hydrogens is 1120 g/mol. The molecule has 422 valence electrons. The average Bonchev–Trinajstić information content (AvgIpc) is 0.740. The van der Waals surface area contributed by atoms with E-state index in [4.69, 9.17) is 0 Å². The number of anilines is 6. The van der Waals surface area contributed by atoms with Crippen molar-refractivity contribution in [3.63, 3.8) is 0 Å². The number of fused-ring (bicyclic) bond motifs is 7. The number of hydrogen-bond acceptors (Lipinski definition) is 2. The van der Waals surface area contributed by atoms with Gasteiger partial charge in [-0.3, -0.25) is 0 Å². The van der Waals surface area contributed by atoms with Crippen molar-refractivity contribution in [3.8, 4) is 16.8 Å². The first kappa shape index (κ1) is 53.2. The van der Waals surface area contributed by atoms with Crippen molar-refractivity contribution in [1.29, 1.82) is 0 Å². The standard InChI is InChI=1S/C84H60BN3Si2/c1-9-30-61(31-10-1)62-52-55-80-77(56-62)85-76-54-53-73(90(69-41-19-6-20-42-69,70-43-21-7-22-44-70)71-45-23-8-24-46-71)60-81(76)87(64-34-29-47-72(57-64)89(66-35-13-3-14-36-66,67-37-15-4-16-38-67)68-39-17-5-18-40-68)83-59-65(58-82(84(83)85)86(80)63-32-11-2-12-33-63)88-78-50-27-25-48-74(78)75-49-26-28-51-79(75)88/h1-60H. The fourth-order valence-electron chi connectivity index (χ4n) is 15.5. The number of benzene rings is 14. The minimum absolute atomic E-state index is 0.169. The van der Waals surface area contributed by atoms with E-state index >= 15 is 0 Å². The zero-order valence-corrected chi connectivity index (χ0v) is 51.6. The average molecular weight is 1180 g/mol. The summed E-state index contributed by atoms with van der Waals surface area (Å²) in [5.74, 6) is 0. The lowest BCUT2D eigenvalue weighted by Crippen LogP contribution is -2.75. The summed E-state index contributed by atoms with van der Waals surface area (Å²) in [5, 5.41) is 13.1. The van der Waals surface area contributed by atoms with Crippen LogP contribution in [-0.4, -0.2) is 27.4 Å². The Morgan fingerprint density at radius 1 is 0.222 bits per heavy atom. The van der Waals surface area contributed by atoms with Gasteiger partial charge in [0.1, 0.15) is 0 Å². The fourth-order valence-corrected chi connectivity index (χ4v) is 25.0. The zero-order valence-electron chi connectivity index (χ0n) is 49.6. The van der Waals surface area contributed by atoms with Crippen molar-refractivity contribution in [2.75, 3.05) is 9.80 Å². The summed E-state index contributed by atoms with van der Waals surface area (Å²) in [6.07, 6.45) is 0. The van der Waals surface area contributed by atoms with E-state index in [1.807, 2.05) is 0 Å². The van der Waals surface area contributed by atoms with Crippen molar-refractivity contribution in [2.45, 2.75) is 0 Å². The van der Waals surface area contributed by atoms with E-state index in [0.717, 1.165) is 39.5 Å². The summed E-state index contributed by atoms with van der Waals surface area (Å²) in [5.41, 5.74) is 16.4. The normalized spacial score (nSPS) is 12.6. The molecule has 6 heteroatoms. The SMILES string of the molecule is c1ccc(-c2ccc3c(c2)B2c4ccc([Si](c5ccccc5)(c5ccccc5)c5ccccc5)cc4N(c4cccc([Si](c5ccccc5)(c5ccccc5)c5ccccc5)c4)c4cc(-n5c6ccccc6c6ccccc65)cc(c42)N3c2ccccc2)cc1. The molecule has 1 aromatic heterocycles. The van der Waals surface area contributed by atoms with Crippen molar-refractivity contribution in [1.82, 2.24) is 4.57 Å². The van der Waals surface area contributed by atoms with Gasteiger partial charge in [-0.15, -0.1) is 0 Å². The topological polar surface area (TPSA) is 11.4 Å². The molecule has 0 amide bonds. The third-order valence-corrected chi connectivity index (χ3v) is 28.8. The molecule has 0 radical (unpaired) electrons. The lowest BCUT2D eigenvalue weighted by atomic mass is 9.33. The van der Waals surface area contributed by atoms with Crippen LogP contribution in [-0.2, 0) is 0 Å². The molecule has 0 bridgehead atoms. The number of nitrogens with zero attached hydrogens (tertiary/aromatic N) is 3. The first-order valence-electron chi connectivity index (χ1n) is 31.3. The van der Waals surface area contributed by atoms with Crippen LogP contribution < -0.4 is 67.7 Å². The maximum Gasteiger partial charge on any atom is 0.252 e. The van der Waals surface area contributed by atoms with Crippen LogP contribution in [0.1, 0.15) is 0 Å². The second-order valence-corrected chi connectivity index (χ2v) is 31.5. The van der Waals surface area contributed by atoms with E-state index in [1.54, 1.807) is 0 Å². The Bertz CT molecular complexity index is 4880. The highest BCUT2D eigenvalue weighted by Gasteiger charge is 2.48. The summed E-state index contributed by atoms with van der Waals surface area (Å²) < 4.78 is 2.52. The van der Waals surface area contributed by atoms with Gasteiger partial charge in [-0.05, 0) is 130 Å². The molecule has 0 aliphatic carbocycles. The molecule has 17 rings (SSSR count). The monoisotopic (exact) mass is 1180 g/mol. The maximum atomic E-state index is 2.69. The number of aromatic nitrogens is 1. The maximum absolute atomic E-state index is 3.11. The van der Waals surface area contributed by atoms with E-state index in [1.165, 1.54) is 91.2 Å². The second-order valence-electron chi connectivity index (χ2n) is 23.9. The van der Waals surface area contributed by atoms with Crippen LogP contribution in [0.4, 0.5) is 34.1 Å². The molecule has 0 atom stereocenters. The second kappa shape index (κ2) is 22.0. The van der Waals surface area contributed by atoms with E-state index < -0.39 is 16.1 Å². The molecule has 0 unspecified atom stereocenters. The lowest BCUT2D eigenvalue weighted by molar-refractivity contribution is 1.16. The van der Waals surface area contributed by atoms with Crippen molar-refractivity contribution >= 4 is 137 Å². The highest BCUT2D eigenvalue weighted by Crippen LogP contribution is 2.47. The molecule has 2 aliphatic rings. The molecule has 0 saturated heterocycles. The highest BCUT2D eigenvalue weighted by molar-refractivity contribution is 7.20. The molecule has 3 nitrogen and oxygen atoms in total. The van der Waals surface area contributed by atoms with Crippen LogP contribution in [0.3, 0.4) is 0 Å². The Labute approximate surface area is 528 Å². The summed E-state index contributed by atoms with van der Waals surface area (Å²) in [7, 11) is -6.17. The van der Waals surface area contributed by atoms with Gasteiger partial charge in [0.05, 0.1) is 16.7 Å². The van der Waals surface area contributed by atoms with E-state index in [-0.39, 0.29) is 6.71 Å². The van der Waals surface area contributed by atoms with Gasteiger partial charge in [-0.2, -0.15) is 0 Å². The zero-order chi connectivity index (χ0) is 59.6. The first-order valence-corrected chi connectivity index (χ1v) is 35.3. The molecule has 0 fully saturated rings. The lowest BCUT2D eigenvalue weighted by Gasteiger charge is -2.45. The van der Waals surface area contributed by atoms with Crippen LogP contribution in [0, 0.1) is 0 Å². The molecule has 0 saturated carbocycles. The third-order valence-electron chi connectivity index (χ3n) is 19.2. The Kier molecular flexibility index (Phi) is 13.0. The Morgan fingerprint density at radius 3 is 1.09 bits per heavy atom. The smallest absolute Gasteiger partial charge is 0.252 e. The molecule has 2 aliphatic heterocycles. The molecule has 15 aromatic rings. The minimum atomic E-state index is -3.11. The number of hydrogen-bond donors (Lipinski definition) is 0. The summed E-state index contributed by atoms with van der Waals surface area (Å²) in [6, 6.07) is 138. The molecular formula is C84H60BN3Si2. The molecule has 3 heterocycles. The van der Waals surface area contributed by atoms with Crippen LogP contribution in [0.25, 0.3) is 38.6 Å². The Balaban J connectivity index is 1.04. The summed E-state index contributed by atoms with van der Waals surface area (Å²) >= 11 is 0. The van der Waals surface area contributed by atoms with Crippen LogP contribution in [0.2, 0.25) is 0 Å². The van der Waals surface area contributed by atoms with Crippen LogP contribution in [0.5, 0.6) is 0 Å². The molecule has 90 heavy (non-hydrogen) atoms. The van der Waals surface area contributed by atoms with Crippen LogP contribution in [0.15, 0.2) is 364 Å². The van der Waals surface area contributed by atoms with Crippen molar-refractivity contribution < 1.29 is 0 Å². The Morgan fingerprint density at radius 2 is 0.611 bits per heavy atom. The molecule has 0 N–H and O–H groups in total. The largest absolute Gasteiger partial charge is 0.311 e. The van der Waals surface area contributed by atoms with Gasteiger partial charge in [0.25, 0.3) is 6.71 Å². The minimum Gasteiger partial charge on any atom is -0.311 e. The third kappa shape index (κ3) is 8.33. The van der Waals surface area contributed by atoms with Gasteiger partial charge >= 0.3 is 0 Å². The van der Waals surface area contributed by atoms with Gasteiger partial charge < -0.3 is 14.4 Å². The van der Waals surface area contributed by atoms with E-state index in [0.29, 0.717) is 0 Å². The summed E-state index contributed by atoms with van der Waals surface area (Å²) in [6.45, 7) is -0.169. The van der Waals surface area contributed by atoms with Crippen molar-refractivity contribution in [3.05, 3.63) is 364 Å². The van der Waals surface area contributed by atoms with Gasteiger partial charge in [0.15, 0.2) is 16.1 Å². The van der Waals surface area contributed by atoms with Crippen LogP contribution >= 0.6 is 0 Å². The first-order chi connectivity index (χ1) is 44.7. The predicted octanol–water partition coefficient (Wildman–Crippen LogP) is 13.3. The van der Waals surface area contributed by atoms with Crippen molar-refractivity contribution in [2.24, 2.45) is 0 Å². The van der Waals surface area contributed by atoms with Gasteiger partial charge in [0, 0.05) is 44.9 Å². The van der Waals surface area contributed by atoms with Gasteiger partial charge in [-0.1, -0.05) is 303 Å².